The molecular weight excluding hydrogens is 358 g/mol. The molecular formula is C19H24F2N2O4. The summed E-state index contributed by atoms with van der Waals surface area (Å²) in [6.07, 6.45) is -1.11. The first kappa shape index (κ1) is 22.4. The Hall–Kier alpha value is -2.69. The smallest absolute Gasteiger partial charge is 0.408 e. The highest BCUT2D eigenvalue weighted by Crippen LogP contribution is 2.18. The molecule has 0 radical (unpaired) electrons. The van der Waals surface area contributed by atoms with Gasteiger partial charge in [0, 0.05) is 6.42 Å². The third-order valence-electron chi connectivity index (χ3n) is 3.04. The zero-order valence-corrected chi connectivity index (χ0v) is 16.3. The van der Waals surface area contributed by atoms with E-state index in [1.165, 1.54) is 6.07 Å². The second kappa shape index (κ2) is 8.33. The van der Waals surface area contributed by atoms with Gasteiger partial charge in [-0.25, -0.2) is 18.4 Å². The number of hydrogen-bond donors (Lipinski definition) is 1. The largest absolute Gasteiger partial charge is 0.458 e. The van der Waals surface area contributed by atoms with E-state index in [9.17, 15) is 18.4 Å². The summed E-state index contributed by atoms with van der Waals surface area (Å²) in [5, 5.41) is 11.1. The highest BCUT2D eigenvalue weighted by atomic mass is 19.1. The zero-order valence-electron chi connectivity index (χ0n) is 16.3. The topological polar surface area (TPSA) is 88.4 Å². The number of carbonyl (C=O) groups excluding carboxylic acids is 2. The summed E-state index contributed by atoms with van der Waals surface area (Å²) >= 11 is 0. The number of esters is 1. The van der Waals surface area contributed by atoms with Gasteiger partial charge in [0.15, 0.2) is 0 Å². The summed E-state index contributed by atoms with van der Waals surface area (Å²) in [5.74, 6) is -2.88. The molecule has 0 fully saturated rings. The number of halogens is 2. The maximum absolute atomic E-state index is 13.8. The molecule has 148 valence electrons. The van der Waals surface area contributed by atoms with E-state index in [0.717, 1.165) is 12.1 Å². The van der Waals surface area contributed by atoms with Gasteiger partial charge in [0.1, 0.15) is 40.5 Å². The molecule has 0 aliphatic carbocycles. The Morgan fingerprint density at radius 2 is 1.56 bits per heavy atom. The van der Waals surface area contributed by atoms with Gasteiger partial charge in [-0.2, -0.15) is 5.26 Å². The lowest BCUT2D eigenvalue weighted by molar-refractivity contribution is -0.157. The van der Waals surface area contributed by atoms with Crippen LogP contribution in [0.25, 0.3) is 0 Å². The standard InChI is InChI=1S/C19H24F2N2O4/c1-18(2,3)26-16(24)15(23-17(25)27-19(4,5)6)9-11-7-13(20)12(10-22)14(21)8-11/h7-8,15H,9H2,1-6H3,(H,23,25)/t15-/m0/s1. The normalized spacial score (nSPS) is 12.7. The lowest BCUT2D eigenvalue weighted by Gasteiger charge is -2.26. The van der Waals surface area contributed by atoms with Gasteiger partial charge in [-0.15, -0.1) is 0 Å². The highest BCUT2D eigenvalue weighted by Gasteiger charge is 2.29. The second-order valence-corrected chi connectivity index (χ2v) is 7.98. The molecule has 1 aromatic carbocycles. The zero-order chi connectivity index (χ0) is 21.0. The van der Waals surface area contributed by atoms with Gasteiger partial charge in [0.05, 0.1) is 0 Å². The van der Waals surface area contributed by atoms with Crippen molar-refractivity contribution in [3.05, 3.63) is 34.9 Å². The number of alkyl carbamates (subject to hydrolysis) is 1. The molecule has 0 aliphatic rings. The van der Waals surface area contributed by atoms with Crippen molar-refractivity contribution >= 4 is 12.1 Å². The van der Waals surface area contributed by atoms with Crippen molar-refractivity contribution in [2.45, 2.75) is 65.2 Å². The molecule has 1 aromatic rings. The van der Waals surface area contributed by atoms with Crippen molar-refractivity contribution < 1.29 is 27.8 Å². The molecule has 0 heterocycles. The summed E-state index contributed by atoms with van der Waals surface area (Å²) < 4.78 is 38.0. The summed E-state index contributed by atoms with van der Waals surface area (Å²) in [5.41, 5.74) is -2.26. The molecule has 8 heteroatoms. The fraction of sp³-hybridized carbons (Fsp3) is 0.526. The Morgan fingerprint density at radius 1 is 1.07 bits per heavy atom. The number of nitrogens with one attached hydrogen (secondary N) is 1. The number of amides is 1. The Kier molecular flexibility index (Phi) is 6.90. The third-order valence-corrected chi connectivity index (χ3v) is 3.04. The molecule has 1 atom stereocenters. The molecule has 0 saturated heterocycles. The second-order valence-electron chi connectivity index (χ2n) is 7.98. The summed E-state index contributed by atoms with van der Waals surface area (Å²) in [6, 6.07) is 2.07. The predicted octanol–water partition coefficient (Wildman–Crippen LogP) is 3.61. The van der Waals surface area contributed by atoms with E-state index in [4.69, 9.17) is 14.7 Å². The molecule has 0 unspecified atom stereocenters. The third kappa shape index (κ3) is 7.60. The van der Waals surface area contributed by atoms with Gasteiger partial charge in [-0.1, -0.05) is 0 Å². The quantitative estimate of drug-likeness (QED) is 0.804. The van der Waals surface area contributed by atoms with E-state index in [1.54, 1.807) is 41.5 Å². The Bertz CT molecular complexity index is 735. The minimum absolute atomic E-state index is 0.0796. The average Bonchev–Trinajstić information content (AvgIpc) is 2.42. The van der Waals surface area contributed by atoms with Crippen LogP contribution in [0.5, 0.6) is 0 Å². The molecule has 0 bridgehead atoms. The number of nitriles is 1. The average molecular weight is 382 g/mol. The monoisotopic (exact) mass is 382 g/mol. The van der Waals surface area contributed by atoms with Crippen LogP contribution in [0.2, 0.25) is 0 Å². The van der Waals surface area contributed by atoms with E-state index in [1.807, 2.05) is 0 Å². The van der Waals surface area contributed by atoms with Crippen LogP contribution in [-0.4, -0.2) is 29.3 Å². The number of rotatable bonds is 4. The van der Waals surface area contributed by atoms with Gasteiger partial charge in [-0.3, -0.25) is 0 Å². The molecule has 0 aromatic heterocycles. The summed E-state index contributed by atoms with van der Waals surface area (Å²) in [6.45, 7) is 9.91. The minimum Gasteiger partial charge on any atom is -0.458 e. The summed E-state index contributed by atoms with van der Waals surface area (Å²) in [7, 11) is 0. The van der Waals surface area contributed by atoms with Crippen molar-refractivity contribution in [1.29, 1.82) is 5.26 Å². The van der Waals surface area contributed by atoms with Crippen molar-refractivity contribution in [1.82, 2.24) is 5.32 Å². The Balaban J connectivity index is 3.09. The van der Waals surface area contributed by atoms with E-state index in [2.05, 4.69) is 5.32 Å². The summed E-state index contributed by atoms with van der Waals surface area (Å²) in [4.78, 5) is 24.5. The van der Waals surface area contributed by atoms with Crippen LogP contribution in [0.4, 0.5) is 13.6 Å². The SMILES string of the molecule is CC(C)(C)OC(=O)N[C@@H](Cc1cc(F)c(C#N)c(F)c1)C(=O)OC(C)(C)C. The van der Waals surface area contributed by atoms with E-state index < -0.39 is 46.5 Å². The fourth-order valence-corrected chi connectivity index (χ4v) is 2.10. The number of hydrogen-bond acceptors (Lipinski definition) is 5. The lowest BCUT2D eigenvalue weighted by Crippen LogP contribution is -2.47. The van der Waals surface area contributed by atoms with Crippen LogP contribution in [0.3, 0.4) is 0 Å². The maximum Gasteiger partial charge on any atom is 0.408 e. The molecule has 0 spiro atoms. The highest BCUT2D eigenvalue weighted by molar-refractivity contribution is 5.82. The van der Waals surface area contributed by atoms with Crippen molar-refractivity contribution in [2.24, 2.45) is 0 Å². The van der Waals surface area contributed by atoms with E-state index in [-0.39, 0.29) is 12.0 Å². The first-order valence-electron chi connectivity index (χ1n) is 8.32. The molecule has 1 N–H and O–H groups in total. The lowest BCUT2D eigenvalue weighted by atomic mass is 10.0. The van der Waals surface area contributed by atoms with Gasteiger partial charge in [0.25, 0.3) is 0 Å². The Labute approximate surface area is 157 Å². The number of carbonyl (C=O) groups is 2. The maximum atomic E-state index is 13.8. The van der Waals surface area contributed by atoms with Gasteiger partial charge in [0.2, 0.25) is 0 Å². The number of ether oxygens (including phenoxy) is 2. The van der Waals surface area contributed by atoms with Gasteiger partial charge >= 0.3 is 12.1 Å². The van der Waals surface area contributed by atoms with Crippen LogP contribution in [0.15, 0.2) is 12.1 Å². The molecule has 1 rings (SSSR count). The molecule has 0 saturated carbocycles. The predicted molar refractivity (Wildman–Crippen MR) is 93.8 cm³/mol. The van der Waals surface area contributed by atoms with Crippen molar-refractivity contribution in [3.63, 3.8) is 0 Å². The van der Waals surface area contributed by atoms with Crippen LogP contribution < -0.4 is 5.32 Å². The minimum atomic E-state index is -1.23. The van der Waals surface area contributed by atoms with Crippen LogP contribution in [0.1, 0.15) is 52.7 Å². The van der Waals surface area contributed by atoms with E-state index >= 15 is 0 Å². The van der Waals surface area contributed by atoms with Crippen LogP contribution in [-0.2, 0) is 20.7 Å². The van der Waals surface area contributed by atoms with Crippen molar-refractivity contribution in [2.75, 3.05) is 0 Å². The van der Waals surface area contributed by atoms with Crippen LogP contribution >= 0.6 is 0 Å². The van der Waals surface area contributed by atoms with Gasteiger partial charge < -0.3 is 14.8 Å². The molecule has 6 nitrogen and oxygen atoms in total. The number of benzene rings is 1. The first-order valence-corrected chi connectivity index (χ1v) is 8.32. The van der Waals surface area contributed by atoms with Gasteiger partial charge in [-0.05, 0) is 59.2 Å². The first-order chi connectivity index (χ1) is 12.2. The van der Waals surface area contributed by atoms with E-state index in [0.29, 0.717) is 0 Å². The number of nitrogens with zero attached hydrogens (tertiary/aromatic N) is 1. The molecule has 0 aliphatic heterocycles. The fourth-order valence-electron chi connectivity index (χ4n) is 2.10. The van der Waals surface area contributed by atoms with Crippen molar-refractivity contribution in [3.8, 4) is 6.07 Å². The van der Waals surface area contributed by atoms with Crippen LogP contribution in [0, 0.1) is 23.0 Å². The molecule has 27 heavy (non-hydrogen) atoms. The molecule has 1 amide bonds. The Morgan fingerprint density at radius 3 is 1.96 bits per heavy atom.